The van der Waals surface area contributed by atoms with E-state index < -0.39 is 0 Å². The summed E-state index contributed by atoms with van der Waals surface area (Å²) in [5, 5.41) is 1.09. The number of thioether (sulfide) groups is 1. The van der Waals surface area contributed by atoms with E-state index in [1.54, 1.807) is 29.2 Å². The van der Waals surface area contributed by atoms with Gasteiger partial charge in [0.25, 0.3) is 11.1 Å². The first-order chi connectivity index (χ1) is 16.5. The molecule has 2 aliphatic heterocycles. The number of hydrogen-bond acceptors (Lipinski definition) is 5. The molecule has 0 aliphatic carbocycles. The van der Waals surface area contributed by atoms with Crippen LogP contribution in [0.4, 0.5) is 4.79 Å². The van der Waals surface area contributed by atoms with Crippen molar-refractivity contribution in [3.05, 3.63) is 75.8 Å². The SMILES string of the molecule is O=C(Cn1cc(/C=C2/SC(=O)N(Cc3ccccc3Cl)C2=O)c2ccccc21)N1CCOCC1. The van der Waals surface area contributed by atoms with Crippen LogP contribution in [0.2, 0.25) is 5.02 Å². The Morgan fingerprint density at radius 3 is 2.59 bits per heavy atom. The Kier molecular flexibility index (Phi) is 6.45. The maximum Gasteiger partial charge on any atom is 0.293 e. The lowest BCUT2D eigenvalue weighted by Gasteiger charge is -2.27. The molecule has 2 aliphatic rings. The van der Waals surface area contributed by atoms with E-state index in [-0.39, 0.29) is 30.1 Å². The molecule has 3 amide bonds. The van der Waals surface area contributed by atoms with Crippen LogP contribution in [0.5, 0.6) is 0 Å². The van der Waals surface area contributed by atoms with Gasteiger partial charge in [-0.25, -0.2) is 0 Å². The van der Waals surface area contributed by atoms with Crippen LogP contribution < -0.4 is 0 Å². The number of morpholine rings is 1. The zero-order valence-electron chi connectivity index (χ0n) is 18.3. The molecule has 2 fully saturated rings. The number of halogens is 1. The highest BCUT2D eigenvalue weighted by molar-refractivity contribution is 8.18. The number of fused-ring (bicyclic) bond motifs is 1. The molecule has 9 heteroatoms. The number of rotatable bonds is 5. The average Bonchev–Trinajstić information content (AvgIpc) is 3.33. The summed E-state index contributed by atoms with van der Waals surface area (Å²) >= 11 is 7.13. The molecule has 3 aromatic rings. The zero-order valence-corrected chi connectivity index (χ0v) is 19.8. The van der Waals surface area contributed by atoms with Crippen LogP contribution in [-0.2, 0) is 27.4 Å². The number of benzene rings is 2. The van der Waals surface area contributed by atoms with Crippen LogP contribution in [0.15, 0.2) is 59.6 Å². The standard InChI is InChI=1S/C25H22ClN3O4S/c26-20-7-3-1-5-17(20)15-29-24(31)22(34-25(29)32)13-18-14-28(21-8-4-2-6-19(18)21)16-23(30)27-9-11-33-12-10-27/h1-8,13-14H,9-12,15-16H2/b22-13+. The summed E-state index contributed by atoms with van der Waals surface area (Å²) in [5.74, 6) is -0.327. The second kappa shape index (κ2) is 9.66. The lowest BCUT2D eigenvalue weighted by atomic mass is 10.1. The molecule has 0 atom stereocenters. The predicted molar refractivity (Wildman–Crippen MR) is 132 cm³/mol. The number of para-hydroxylation sites is 1. The van der Waals surface area contributed by atoms with Crippen LogP contribution in [0, 0.1) is 0 Å². The number of carbonyl (C=O) groups excluding carboxylic acids is 3. The third-order valence-electron chi connectivity index (χ3n) is 5.94. The predicted octanol–water partition coefficient (Wildman–Crippen LogP) is 4.39. The monoisotopic (exact) mass is 495 g/mol. The summed E-state index contributed by atoms with van der Waals surface area (Å²) < 4.78 is 7.23. The van der Waals surface area contributed by atoms with E-state index >= 15 is 0 Å². The van der Waals surface area contributed by atoms with Crippen molar-refractivity contribution >= 4 is 57.4 Å². The molecule has 2 saturated heterocycles. The third kappa shape index (κ3) is 4.49. The van der Waals surface area contributed by atoms with Crippen LogP contribution in [0.25, 0.3) is 17.0 Å². The topological polar surface area (TPSA) is 71.9 Å². The van der Waals surface area contributed by atoms with Gasteiger partial charge < -0.3 is 14.2 Å². The fraction of sp³-hybridized carbons (Fsp3) is 0.240. The lowest BCUT2D eigenvalue weighted by molar-refractivity contribution is -0.135. The summed E-state index contributed by atoms with van der Waals surface area (Å²) in [7, 11) is 0. The molecule has 34 heavy (non-hydrogen) atoms. The highest BCUT2D eigenvalue weighted by atomic mass is 35.5. The van der Waals surface area contributed by atoms with Crippen molar-refractivity contribution in [2.24, 2.45) is 0 Å². The minimum Gasteiger partial charge on any atom is -0.378 e. The van der Waals surface area contributed by atoms with Crippen LogP contribution >= 0.6 is 23.4 Å². The fourth-order valence-electron chi connectivity index (χ4n) is 4.15. The number of nitrogens with zero attached hydrogens (tertiary/aromatic N) is 3. The van der Waals surface area contributed by atoms with E-state index in [0.29, 0.717) is 41.8 Å². The van der Waals surface area contributed by atoms with Crippen LogP contribution in [0.1, 0.15) is 11.1 Å². The Labute approximate surface area is 205 Å². The van der Waals surface area contributed by atoms with E-state index in [1.807, 2.05) is 41.1 Å². The van der Waals surface area contributed by atoms with Crippen molar-refractivity contribution in [2.75, 3.05) is 26.3 Å². The number of imide groups is 1. The average molecular weight is 496 g/mol. The summed E-state index contributed by atoms with van der Waals surface area (Å²) in [6.45, 7) is 2.59. The summed E-state index contributed by atoms with van der Waals surface area (Å²) in [5.41, 5.74) is 2.39. The lowest BCUT2D eigenvalue weighted by Crippen LogP contribution is -2.42. The first kappa shape index (κ1) is 22.7. The van der Waals surface area contributed by atoms with Crippen molar-refractivity contribution in [1.29, 1.82) is 0 Å². The number of aromatic nitrogens is 1. The molecule has 0 unspecified atom stereocenters. The molecule has 0 spiro atoms. The normalized spacial score (nSPS) is 17.9. The Hall–Kier alpha value is -3.07. The molecule has 0 bridgehead atoms. The second-order valence-corrected chi connectivity index (χ2v) is 9.48. The molecular weight excluding hydrogens is 474 g/mol. The van der Waals surface area contributed by atoms with Crippen LogP contribution in [-0.4, -0.2) is 57.7 Å². The van der Waals surface area contributed by atoms with E-state index in [1.165, 1.54) is 4.90 Å². The number of ether oxygens (including phenoxy) is 1. The number of amides is 3. The first-order valence-electron chi connectivity index (χ1n) is 10.9. The van der Waals surface area contributed by atoms with Crippen molar-refractivity contribution in [2.45, 2.75) is 13.1 Å². The smallest absolute Gasteiger partial charge is 0.293 e. The molecule has 3 heterocycles. The van der Waals surface area contributed by atoms with Crippen molar-refractivity contribution in [1.82, 2.24) is 14.4 Å². The first-order valence-corrected chi connectivity index (χ1v) is 12.1. The summed E-state index contributed by atoms with van der Waals surface area (Å²) in [6.07, 6.45) is 3.60. The van der Waals surface area contributed by atoms with E-state index in [2.05, 4.69) is 0 Å². The Balaban J connectivity index is 1.41. The molecule has 7 nitrogen and oxygen atoms in total. The maximum absolute atomic E-state index is 13.1. The van der Waals surface area contributed by atoms with Gasteiger partial charge in [-0.3, -0.25) is 19.3 Å². The quantitative estimate of drug-likeness (QED) is 0.491. The number of hydrogen-bond donors (Lipinski definition) is 0. The van der Waals surface area contributed by atoms with Gasteiger partial charge in [0.2, 0.25) is 5.91 Å². The summed E-state index contributed by atoms with van der Waals surface area (Å²) in [6, 6.07) is 14.9. The molecule has 1 aromatic heterocycles. The van der Waals surface area contributed by atoms with Crippen LogP contribution in [0.3, 0.4) is 0 Å². The zero-order chi connectivity index (χ0) is 23.7. The molecule has 2 aromatic carbocycles. The maximum atomic E-state index is 13.1. The van der Waals surface area contributed by atoms with Gasteiger partial charge in [-0.2, -0.15) is 0 Å². The Morgan fingerprint density at radius 2 is 1.79 bits per heavy atom. The second-order valence-electron chi connectivity index (χ2n) is 8.08. The number of carbonyl (C=O) groups is 3. The van der Waals surface area contributed by atoms with Gasteiger partial charge in [0.15, 0.2) is 0 Å². The minimum absolute atomic E-state index is 0.0238. The van der Waals surface area contributed by atoms with Crippen molar-refractivity contribution in [3.8, 4) is 0 Å². The molecule has 0 N–H and O–H groups in total. The Bertz CT molecular complexity index is 1310. The molecule has 0 radical (unpaired) electrons. The van der Waals surface area contributed by atoms with Gasteiger partial charge in [0.1, 0.15) is 6.54 Å². The highest BCUT2D eigenvalue weighted by Gasteiger charge is 2.35. The van der Waals surface area contributed by atoms with E-state index in [9.17, 15) is 14.4 Å². The molecule has 174 valence electrons. The largest absolute Gasteiger partial charge is 0.378 e. The van der Waals surface area contributed by atoms with Gasteiger partial charge in [-0.1, -0.05) is 48.0 Å². The Morgan fingerprint density at radius 1 is 1.06 bits per heavy atom. The fourth-order valence-corrected chi connectivity index (χ4v) is 5.18. The van der Waals surface area contributed by atoms with Gasteiger partial charge in [0.05, 0.1) is 24.7 Å². The molecule has 5 rings (SSSR count). The van der Waals surface area contributed by atoms with E-state index in [4.69, 9.17) is 16.3 Å². The molecular formula is C25H22ClN3O4S. The van der Waals surface area contributed by atoms with Gasteiger partial charge in [-0.05, 0) is 35.5 Å². The third-order valence-corrected chi connectivity index (χ3v) is 7.21. The van der Waals surface area contributed by atoms with Crippen molar-refractivity contribution < 1.29 is 19.1 Å². The summed E-state index contributed by atoms with van der Waals surface area (Å²) in [4.78, 5) is 41.8. The van der Waals surface area contributed by atoms with E-state index in [0.717, 1.165) is 28.2 Å². The van der Waals surface area contributed by atoms with Gasteiger partial charge in [-0.15, -0.1) is 0 Å². The minimum atomic E-state index is -0.351. The van der Waals surface area contributed by atoms with Gasteiger partial charge in [0, 0.05) is 40.8 Å². The van der Waals surface area contributed by atoms with Crippen molar-refractivity contribution in [3.63, 3.8) is 0 Å². The molecule has 0 saturated carbocycles. The van der Waals surface area contributed by atoms with Gasteiger partial charge >= 0.3 is 0 Å². The highest BCUT2D eigenvalue weighted by Crippen LogP contribution is 2.35.